The van der Waals surface area contributed by atoms with Crippen molar-refractivity contribution < 1.29 is 9.53 Å². The fraction of sp³-hybridized carbons (Fsp3) is 0.652. The number of carbonyl (C=O) groups is 1. The van der Waals surface area contributed by atoms with Crippen molar-refractivity contribution in [1.82, 2.24) is 15.1 Å². The molecule has 168 valence electrons. The second kappa shape index (κ2) is 12.5. The number of nitrogens with zero attached hydrogens (tertiary/aromatic N) is 3. The summed E-state index contributed by atoms with van der Waals surface area (Å²) in [6.07, 6.45) is 1.79. The van der Waals surface area contributed by atoms with Gasteiger partial charge in [0.25, 0.3) is 0 Å². The molecule has 2 aliphatic heterocycles. The number of hydrogen-bond donors (Lipinski definition) is 1. The zero-order valence-corrected chi connectivity index (χ0v) is 20.9. The molecule has 1 atom stereocenters. The highest BCUT2D eigenvalue weighted by atomic mass is 127. The minimum absolute atomic E-state index is 0. The summed E-state index contributed by atoms with van der Waals surface area (Å²) in [4.78, 5) is 22.0. The van der Waals surface area contributed by atoms with Crippen LogP contribution < -0.4 is 5.32 Å². The van der Waals surface area contributed by atoms with Gasteiger partial charge in [0.05, 0.1) is 13.2 Å². The highest BCUT2D eigenvalue weighted by molar-refractivity contribution is 14.0. The first-order chi connectivity index (χ1) is 14.1. The monoisotopic (exact) mass is 528 g/mol. The Morgan fingerprint density at radius 3 is 2.37 bits per heavy atom. The van der Waals surface area contributed by atoms with Crippen LogP contribution in [0.2, 0.25) is 0 Å². The van der Waals surface area contributed by atoms with Gasteiger partial charge in [0.2, 0.25) is 5.91 Å². The molecule has 6 nitrogen and oxygen atoms in total. The summed E-state index contributed by atoms with van der Waals surface area (Å²) in [6.45, 7) is 12.6. The largest absolute Gasteiger partial charge is 0.378 e. The number of aliphatic imine (C=N–C) groups is 1. The lowest BCUT2D eigenvalue weighted by Crippen LogP contribution is -2.50. The van der Waals surface area contributed by atoms with Crippen molar-refractivity contribution in [3.8, 4) is 0 Å². The van der Waals surface area contributed by atoms with Crippen LogP contribution >= 0.6 is 24.0 Å². The average molecular weight is 528 g/mol. The van der Waals surface area contributed by atoms with E-state index in [0.717, 1.165) is 58.1 Å². The third-order valence-corrected chi connectivity index (χ3v) is 5.96. The van der Waals surface area contributed by atoms with E-state index in [2.05, 4.69) is 55.3 Å². The lowest BCUT2D eigenvalue weighted by atomic mass is 9.95. The lowest BCUT2D eigenvalue weighted by molar-refractivity contribution is -0.140. The molecule has 0 spiro atoms. The molecule has 7 heteroatoms. The summed E-state index contributed by atoms with van der Waals surface area (Å²) in [5, 5.41) is 3.44. The molecule has 0 saturated carbocycles. The third kappa shape index (κ3) is 6.83. The maximum atomic E-state index is 12.8. The predicted molar refractivity (Wildman–Crippen MR) is 133 cm³/mol. The van der Waals surface area contributed by atoms with E-state index in [1.165, 1.54) is 11.1 Å². The zero-order chi connectivity index (χ0) is 20.6. The first-order valence-electron chi connectivity index (χ1n) is 11.0. The molecule has 1 aromatic carbocycles. The van der Waals surface area contributed by atoms with Crippen molar-refractivity contribution in [2.45, 2.75) is 39.5 Å². The fourth-order valence-corrected chi connectivity index (χ4v) is 4.03. The Labute approximate surface area is 198 Å². The first-order valence-corrected chi connectivity index (χ1v) is 11.0. The molecule has 1 N–H and O–H groups in total. The van der Waals surface area contributed by atoms with Gasteiger partial charge in [-0.1, -0.05) is 36.8 Å². The summed E-state index contributed by atoms with van der Waals surface area (Å²) in [5.74, 6) is 1.80. The van der Waals surface area contributed by atoms with Crippen LogP contribution in [0.1, 0.15) is 43.7 Å². The van der Waals surface area contributed by atoms with Crippen molar-refractivity contribution >= 4 is 35.8 Å². The maximum absolute atomic E-state index is 12.8. The second-order valence-electron chi connectivity index (χ2n) is 8.21. The molecule has 2 fully saturated rings. The van der Waals surface area contributed by atoms with Crippen LogP contribution in [-0.2, 0) is 9.53 Å². The van der Waals surface area contributed by atoms with Gasteiger partial charge in [-0.2, -0.15) is 0 Å². The number of likely N-dealkylation sites (tertiary alicyclic amines) is 1. The van der Waals surface area contributed by atoms with Crippen molar-refractivity contribution in [1.29, 1.82) is 0 Å². The first kappa shape index (κ1) is 24.9. The Morgan fingerprint density at radius 1 is 1.13 bits per heavy atom. The van der Waals surface area contributed by atoms with Crippen LogP contribution in [0, 0.1) is 12.8 Å². The molecular weight excluding hydrogens is 491 g/mol. The number of morpholine rings is 1. The summed E-state index contributed by atoms with van der Waals surface area (Å²) < 4.78 is 5.37. The predicted octanol–water partition coefficient (Wildman–Crippen LogP) is 3.25. The molecule has 0 aromatic heterocycles. The Bertz CT molecular complexity index is 681. The average Bonchev–Trinajstić information content (AvgIpc) is 2.77. The quantitative estimate of drug-likeness (QED) is 0.362. The van der Waals surface area contributed by atoms with Gasteiger partial charge in [0, 0.05) is 51.1 Å². The van der Waals surface area contributed by atoms with E-state index in [1.807, 2.05) is 4.90 Å². The van der Waals surface area contributed by atoms with Gasteiger partial charge < -0.3 is 19.9 Å². The number of nitrogens with one attached hydrogen (secondary N) is 1. The number of halogens is 1. The molecule has 1 unspecified atom stereocenters. The second-order valence-corrected chi connectivity index (χ2v) is 8.21. The van der Waals surface area contributed by atoms with E-state index < -0.39 is 0 Å². The van der Waals surface area contributed by atoms with E-state index in [-0.39, 0.29) is 29.9 Å². The Balaban J connectivity index is 0.00000320. The van der Waals surface area contributed by atoms with Gasteiger partial charge in [0.1, 0.15) is 0 Å². The summed E-state index contributed by atoms with van der Waals surface area (Å²) in [7, 11) is 0. The van der Waals surface area contributed by atoms with E-state index in [0.29, 0.717) is 25.0 Å². The van der Waals surface area contributed by atoms with Crippen molar-refractivity contribution in [2.24, 2.45) is 10.9 Å². The van der Waals surface area contributed by atoms with Crippen molar-refractivity contribution in [2.75, 3.05) is 52.5 Å². The molecule has 3 rings (SSSR count). The SMILES string of the molecule is CCNC(=NCC(C)c1ccc(C)cc1)N1CCC(C(=O)N2CCOCC2)CC1.I. The molecule has 0 radical (unpaired) electrons. The number of piperidine rings is 1. The summed E-state index contributed by atoms with van der Waals surface area (Å²) in [5.41, 5.74) is 2.61. The zero-order valence-electron chi connectivity index (χ0n) is 18.6. The normalized spacial score (nSPS) is 19.2. The number of hydrogen-bond acceptors (Lipinski definition) is 3. The van der Waals surface area contributed by atoms with Gasteiger partial charge >= 0.3 is 0 Å². The summed E-state index contributed by atoms with van der Waals surface area (Å²) >= 11 is 0. The number of ether oxygens (including phenoxy) is 1. The highest BCUT2D eigenvalue weighted by Crippen LogP contribution is 2.21. The number of rotatable bonds is 5. The molecule has 0 bridgehead atoms. The molecule has 0 aliphatic carbocycles. The number of benzene rings is 1. The minimum atomic E-state index is 0. The number of amides is 1. The molecule has 2 saturated heterocycles. The van der Waals surface area contributed by atoms with E-state index in [9.17, 15) is 4.79 Å². The summed E-state index contributed by atoms with van der Waals surface area (Å²) in [6, 6.07) is 8.73. The third-order valence-electron chi connectivity index (χ3n) is 5.96. The maximum Gasteiger partial charge on any atom is 0.225 e. The van der Waals surface area contributed by atoms with Gasteiger partial charge in [0.15, 0.2) is 5.96 Å². The van der Waals surface area contributed by atoms with E-state index in [4.69, 9.17) is 9.73 Å². The van der Waals surface area contributed by atoms with Gasteiger partial charge in [-0.25, -0.2) is 0 Å². The van der Waals surface area contributed by atoms with Crippen molar-refractivity contribution in [3.05, 3.63) is 35.4 Å². The molecule has 2 heterocycles. The number of aryl methyl sites for hydroxylation is 1. The lowest BCUT2D eigenvalue weighted by Gasteiger charge is -2.36. The van der Waals surface area contributed by atoms with E-state index >= 15 is 0 Å². The van der Waals surface area contributed by atoms with Gasteiger partial charge in [-0.15, -0.1) is 24.0 Å². The highest BCUT2D eigenvalue weighted by Gasteiger charge is 2.30. The van der Waals surface area contributed by atoms with Gasteiger partial charge in [-0.3, -0.25) is 9.79 Å². The van der Waals surface area contributed by atoms with Crippen LogP contribution in [0.25, 0.3) is 0 Å². The molecule has 30 heavy (non-hydrogen) atoms. The fourth-order valence-electron chi connectivity index (χ4n) is 4.03. The van der Waals surface area contributed by atoms with Crippen LogP contribution in [0.4, 0.5) is 0 Å². The van der Waals surface area contributed by atoms with Gasteiger partial charge in [-0.05, 0) is 32.3 Å². The van der Waals surface area contributed by atoms with Crippen LogP contribution in [0.3, 0.4) is 0 Å². The van der Waals surface area contributed by atoms with Crippen LogP contribution in [-0.4, -0.2) is 74.1 Å². The molecule has 2 aliphatic rings. The Morgan fingerprint density at radius 2 is 1.77 bits per heavy atom. The molecule has 1 aromatic rings. The molecular formula is C23H37IN4O2. The smallest absolute Gasteiger partial charge is 0.225 e. The Hall–Kier alpha value is -1.35. The van der Waals surface area contributed by atoms with E-state index in [1.54, 1.807) is 0 Å². The van der Waals surface area contributed by atoms with Crippen LogP contribution in [0.5, 0.6) is 0 Å². The number of guanidine groups is 1. The standard InChI is InChI=1S/C23H36N4O2.HI/c1-4-24-23(25-17-19(3)20-7-5-18(2)6-8-20)27-11-9-21(10-12-27)22(28)26-13-15-29-16-14-26;/h5-8,19,21H,4,9-17H2,1-3H3,(H,24,25);1H. The minimum Gasteiger partial charge on any atom is -0.378 e. The topological polar surface area (TPSA) is 57.2 Å². The number of carbonyl (C=O) groups excluding carboxylic acids is 1. The van der Waals surface area contributed by atoms with Crippen LogP contribution in [0.15, 0.2) is 29.3 Å². The molecule has 1 amide bonds. The van der Waals surface area contributed by atoms with Crippen molar-refractivity contribution in [3.63, 3.8) is 0 Å². The Kier molecular flexibility index (Phi) is 10.4.